The van der Waals surface area contributed by atoms with Crippen molar-refractivity contribution in [1.29, 1.82) is 0 Å². The molecule has 8 rings (SSSR count). The van der Waals surface area contributed by atoms with Crippen LogP contribution < -0.4 is 4.90 Å². The van der Waals surface area contributed by atoms with Gasteiger partial charge in [-0.05, 0) is 74.3 Å². The summed E-state index contributed by atoms with van der Waals surface area (Å²) in [6, 6.07) is 54.9. The second kappa shape index (κ2) is 8.72. The summed E-state index contributed by atoms with van der Waals surface area (Å²) in [7, 11) is 0. The average Bonchev–Trinajstić information content (AvgIpc) is 3.01. The van der Waals surface area contributed by atoms with E-state index >= 15 is 0 Å². The van der Waals surface area contributed by atoms with Crippen molar-refractivity contribution in [2.75, 3.05) is 4.90 Å². The number of anilines is 3. The van der Waals surface area contributed by atoms with Gasteiger partial charge in [-0.15, -0.1) is 0 Å². The fraction of sp³-hybridized carbons (Fsp3) is 0. The predicted octanol–water partition coefficient (Wildman–Crippen LogP) is 10.8. The minimum atomic E-state index is 1.15. The van der Waals surface area contributed by atoms with E-state index in [0.29, 0.717) is 0 Å². The first-order valence-electron chi connectivity index (χ1n) is 13.5. The van der Waals surface area contributed by atoms with Crippen LogP contribution in [-0.2, 0) is 0 Å². The van der Waals surface area contributed by atoms with Gasteiger partial charge in [0, 0.05) is 22.3 Å². The fourth-order valence-electron chi connectivity index (χ4n) is 6.08. The monoisotopic (exact) mass is 495 g/mol. The van der Waals surface area contributed by atoms with Crippen LogP contribution in [0.4, 0.5) is 17.1 Å². The summed E-state index contributed by atoms with van der Waals surface area (Å²) in [6.45, 7) is 0. The van der Waals surface area contributed by atoms with Crippen molar-refractivity contribution in [2.45, 2.75) is 0 Å². The number of rotatable bonds is 4. The predicted molar refractivity (Wildman–Crippen MR) is 166 cm³/mol. The standard InChI is InChI=1S/C38H25N/c1-2-10-26(11-3-1)28-18-21-31(22-19-28)39(32-23-20-27-12-4-5-13-29(27)24-32)38-33-15-7-6-14-30(33)25-36-34-16-8-9-17-35(34)37(36)38/h1-25H. The van der Waals surface area contributed by atoms with Gasteiger partial charge in [-0.1, -0.05) is 121 Å². The van der Waals surface area contributed by atoms with Gasteiger partial charge in [0.1, 0.15) is 0 Å². The summed E-state index contributed by atoms with van der Waals surface area (Å²) < 4.78 is 0. The second-order valence-electron chi connectivity index (χ2n) is 10.2. The molecule has 7 aromatic rings. The smallest absolute Gasteiger partial charge is 0.0624 e. The lowest BCUT2D eigenvalue weighted by atomic mass is 9.77. The molecular weight excluding hydrogens is 470 g/mol. The van der Waals surface area contributed by atoms with Gasteiger partial charge in [-0.2, -0.15) is 0 Å². The van der Waals surface area contributed by atoms with Crippen LogP contribution in [-0.4, -0.2) is 0 Å². The zero-order chi connectivity index (χ0) is 25.8. The Labute approximate surface area is 228 Å². The zero-order valence-electron chi connectivity index (χ0n) is 21.4. The third-order valence-corrected chi connectivity index (χ3v) is 7.96. The van der Waals surface area contributed by atoms with E-state index in [1.165, 1.54) is 60.6 Å². The van der Waals surface area contributed by atoms with E-state index < -0.39 is 0 Å². The summed E-state index contributed by atoms with van der Waals surface area (Å²) in [6.07, 6.45) is 0. The van der Waals surface area contributed by atoms with E-state index in [0.717, 1.165) is 11.4 Å². The van der Waals surface area contributed by atoms with E-state index in [2.05, 4.69) is 157 Å². The summed E-state index contributed by atoms with van der Waals surface area (Å²) in [5.74, 6) is 0. The molecule has 0 unspecified atom stereocenters. The van der Waals surface area contributed by atoms with Crippen molar-refractivity contribution in [1.82, 2.24) is 0 Å². The molecule has 0 atom stereocenters. The summed E-state index contributed by atoms with van der Waals surface area (Å²) in [5.41, 5.74) is 11.3. The third-order valence-electron chi connectivity index (χ3n) is 7.96. The van der Waals surface area contributed by atoms with Crippen molar-refractivity contribution in [3.05, 3.63) is 152 Å². The van der Waals surface area contributed by atoms with Gasteiger partial charge < -0.3 is 4.90 Å². The lowest BCUT2D eigenvalue weighted by molar-refractivity contribution is 1.30. The molecule has 0 aromatic heterocycles. The Bertz CT molecular complexity index is 2000. The van der Waals surface area contributed by atoms with Crippen LogP contribution in [0.25, 0.3) is 54.9 Å². The Morgan fingerprint density at radius 2 is 0.974 bits per heavy atom. The van der Waals surface area contributed by atoms with Crippen LogP contribution in [0, 0.1) is 0 Å². The SMILES string of the molecule is c1ccc(-c2ccc(N(c3ccc4ccccc4c3)c3c4c(cc5ccccc35)-c3ccccc3-4)cc2)cc1. The van der Waals surface area contributed by atoms with Gasteiger partial charge in [0.25, 0.3) is 0 Å². The lowest BCUT2D eigenvalue weighted by Gasteiger charge is -2.35. The minimum absolute atomic E-state index is 1.15. The van der Waals surface area contributed by atoms with Gasteiger partial charge in [0.05, 0.1) is 5.69 Å². The molecule has 0 saturated carbocycles. The number of fused-ring (bicyclic) bond motifs is 6. The normalized spacial score (nSPS) is 11.6. The second-order valence-corrected chi connectivity index (χ2v) is 10.2. The lowest BCUT2D eigenvalue weighted by Crippen LogP contribution is -2.14. The molecule has 1 heteroatoms. The van der Waals surface area contributed by atoms with Crippen LogP contribution >= 0.6 is 0 Å². The Morgan fingerprint density at radius 1 is 0.359 bits per heavy atom. The molecule has 182 valence electrons. The zero-order valence-corrected chi connectivity index (χ0v) is 21.4. The molecule has 0 fully saturated rings. The molecule has 0 amide bonds. The van der Waals surface area contributed by atoms with Crippen LogP contribution in [0.3, 0.4) is 0 Å². The summed E-state index contributed by atoms with van der Waals surface area (Å²) in [5, 5.41) is 5.00. The maximum Gasteiger partial charge on any atom is 0.0624 e. The highest BCUT2D eigenvalue weighted by molar-refractivity contribution is 6.18. The van der Waals surface area contributed by atoms with Gasteiger partial charge in [-0.3, -0.25) is 0 Å². The van der Waals surface area contributed by atoms with Crippen LogP contribution in [0.2, 0.25) is 0 Å². The van der Waals surface area contributed by atoms with E-state index in [-0.39, 0.29) is 0 Å². The van der Waals surface area contributed by atoms with Crippen molar-refractivity contribution in [3.8, 4) is 33.4 Å². The minimum Gasteiger partial charge on any atom is -0.309 e. The van der Waals surface area contributed by atoms with Crippen molar-refractivity contribution in [3.63, 3.8) is 0 Å². The summed E-state index contributed by atoms with van der Waals surface area (Å²) in [4.78, 5) is 2.46. The molecule has 0 bridgehead atoms. The Kier molecular flexibility index (Phi) is 4.89. The fourth-order valence-corrected chi connectivity index (χ4v) is 6.08. The Hall–Kier alpha value is -5.14. The quantitative estimate of drug-likeness (QED) is 0.235. The first-order chi connectivity index (χ1) is 19.3. The average molecular weight is 496 g/mol. The molecule has 0 aliphatic heterocycles. The molecular formula is C38H25N. The molecule has 0 heterocycles. The third kappa shape index (κ3) is 3.48. The molecule has 0 spiro atoms. The van der Waals surface area contributed by atoms with Crippen LogP contribution in [0.1, 0.15) is 0 Å². The molecule has 39 heavy (non-hydrogen) atoms. The molecule has 0 radical (unpaired) electrons. The molecule has 0 saturated heterocycles. The number of benzene rings is 7. The Balaban J connectivity index is 1.40. The van der Waals surface area contributed by atoms with Crippen molar-refractivity contribution in [2.24, 2.45) is 0 Å². The molecule has 7 aromatic carbocycles. The Morgan fingerprint density at radius 3 is 1.79 bits per heavy atom. The topological polar surface area (TPSA) is 3.24 Å². The van der Waals surface area contributed by atoms with Crippen molar-refractivity contribution >= 4 is 38.6 Å². The van der Waals surface area contributed by atoms with Crippen LogP contribution in [0.5, 0.6) is 0 Å². The van der Waals surface area contributed by atoms with E-state index in [4.69, 9.17) is 0 Å². The largest absolute Gasteiger partial charge is 0.309 e. The molecule has 0 N–H and O–H groups in total. The molecule has 1 nitrogen and oxygen atoms in total. The first kappa shape index (κ1) is 21.9. The highest BCUT2D eigenvalue weighted by Crippen LogP contribution is 2.57. The first-order valence-corrected chi connectivity index (χ1v) is 13.5. The maximum absolute atomic E-state index is 2.46. The van der Waals surface area contributed by atoms with E-state index in [1.54, 1.807) is 0 Å². The highest BCUT2D eigenvalue weighted by Gasteiger charge is 2.30. The van der Waals surface area contributed by atoms with Gasteiger partial charge >= 0.3 is 0 Å². The number of nitrogens with zero attached hydrogens (tertiary/aromatic N) is 1. The summed E-state index contributed by atoms with van der Waals surface area (Å²) >= 11 is 0. The van der Waals surface area contributed by atoms with Crippen molar-refractivity contribution < 1.29 is 0 Å². The number of hydrogen-bond acceptors (Lipinski definition) is 1. The highest BCUT2D eigenvalue weighted by atomic mass is 15.1. The van der Waals surface area contributed by atoms with E-state index in [9.17, 15) is 0 Å². The van der Waals surface area contributed by atoms with Gasteiger partial charge in [0.2, 0.25) is 0 Å². The van der Waals surface area contributed by atoms with Gasteiger partial charge in [0.15, 0.2) is 0 Å². The molecule has 1 aliphatic carbocycles. The van der Waals surface area contributed by atoms with Gasteiger partial charge in [-0.25, -0.2) is 0 Å². The van der Waals surface area contributed by atoms with Crippen LogP contribution in [0.15, 0.2) is 152 Å². The molecule has 1 aliphatic rings. The van der Waals surface area contributed by atoms with E-state index in [1.807, 2.05) is 0 Å². The number of hydrogen-bond donors (Lipinski definition) is 0. The maximum atomic E-state index is 2.46.